The zero-order chi connectivity index (χ0) is 16.7. The van der Waals surface area contributed by atoms with Crippen molar-refractivity contribution < 1.29 is 5.11 Å². The van der Waals surface area contributed by atoms with Gasteiger partial charge in [0.2, 0.25) is 5.88 Å². The predicted octanol–water partition coefficient (Wildman–Crippen LogP) is 0.473. The molecule has 6 nitrogen and oxygen atoms in total. The number of rotatable bonds is 2. The Kier molecular flexibility index (Phi) is 3.46. The average Bonchev–Trinajstić information content (AvgIpc) is 3.11. The zero-order valence-electron chi connectivity index (χ0n) is 13.3. The van der Waals surface area contributed by atoms with Crippen molar-refractivity contribution in [3.8, 4) is 5.88 Å². The number of nitrogens with zero attached hydrogens (tertiary/aromatic N) is 2. The van der Waals surface area contributed by atoms with Crippen molar-refractivity contribution in [3.63, 3.8) is 0 Å². The topological polar surface area (TPSA) is 84.5 Å². The maximum atomic E-state index is 11.2. The number of allylic oxidation sites excluding steroid dienone is 1. The fraction of sp³-hybridized carbons (Fsp3) is 0.222. The van der Waals surface area contributed by atoms with Gasteiger partial charge in [0.05, 0.1) is 5.36 Å². The van der Waals surface area contributed by atoms with E-state index in [9.17, 15) is 9.90 Å². The second-order valence-corrected chi connectivity index (χ2v) is 6.18. The van der Waals surface area contributed by atoms with E-state index in [0.717, 1.165) is 35.6 Å². The summed E-state index contributed by atoms with van der Waals surface area (Å²) >= 11 is 0. The molecule has 2 aromatic rings. The highest BCUT2D eigenvalue weighted by Gasteiger charge is 2.17. The molecule has 0 bridgehead atoms. The predicted molar refractivity (Wildman–Crippen MR) is 92.0 cm³/mol. The maximum Gasteiger partial charge on any atom is 0.326 e. The first-order valence-electron chi connectivity index (χ1n) is 7.89. The summed E-state index contributed by atoms with van der Waals surface area (Å²) in [4.78, 5) is 22.9. The smallest absolute Gasteiger partial charge is 0.326 e. The van der Waals surface area contributed by atoms with Crippen LogP contribution < -0.4 is 16.3 Å². The molecular weight excluding hydrogens is 304 g/mol. The van der Waals surface area contributed by atoms with Gasteiger partial charge in [-0.3, -0.25) is 9.98 Å². The Morgan fingerprint density at radius 3 is 2.92 bits per heavy atom. The van der Waals surface area contributed by atoms with E-state index in [0.29, 0.717) is 5.69 Å². The zero-order valence-corrected chi connectivity index (χ0v) is 13.3. The van der Waals surface area contributed by atoms with Crippen LogP contribution in [0.25, 0.3) is 11.6 Å². The molecule has 0 fully saturated rings. The minimum atomic E-state index is -0.424. The lowest BCUT2D eigenvalue weighted by Gasteiger charge is -2.22. The van der Waals surface area contributed by atoms with Gasteiger partial charge in [0.15, 0.2) is 0 Å². The van der Waals surface area contributed by atoms with Gasteiger partial charge in [-0.15, -0.1) is 0 Å². The number of aromatic nitrogens is 2. The Morgan fingerprint density at radius 2 is 2.21 bits per heavy atom. The number of hydrogen-bond donors (Lipinski definition) is 3. The van der Waals surface area contributed by atoms with Crippen molar-refractivity contribution in [1.82, 2.24) is 14.9 Å². The Balaban J connectivity index is 1.75. The van der Waals surface area contributed by atoms with Gasteiger partial charge in [-0.05, 0) is 42.5 Å². The second-order valence-electron chi connectivity index (χ2n) is 6.18. The number of aromatic hydroxyl groups is 1. The molecule has 3 N–H and O–H groups in total. The van der Waals surface area contributed by atoms with Crippen molar-refractivity contribution >= 4 is 11.6 Å². The summed E-state index contributed by atoms with van der Waals surface area (Å²) in [6.45, 7) is 2.00. The number of fused-ring (bicyclic) bond motifs is 1. The van der Waals surface area contributed by atoms with Gasteiger partial charge in [-0.25, -0.2) is 4.79 Å². The fourth-order valence-corrected chi connectivity index (χ4v) is 3.11. The third-order valence-corrected chi connectivity index (χ3v) is 4.45. The van der Waals surface area contributed by atoms with Gasteiger partial charge in [0.1, 0.15) is 5.69 Å². The van der Waals surface area contributed by atoms with E-state index in [-0.39, 0.29) is 5.88 Å². The molecular formula is C18H18N4O2. The van der Waals surface area contributed by atoms with Gasteiger partial charge in [-0.2, -0.15) is 0 Å². The Labute approximate surface area is 138 Å². The SMILES string of the molecule is CN1CC=C(C2=CN=c3cc/c(=C\c4[nH]c(=O)[nH]c4O)cc32)CC1. The highest BCUT2D eigenvalue weighted by molar-refractivity contribution is 5.80. The van der Waals surface area contributed by atoms with Crippen molar-refractivity contribution in [3.05, 3.63) is 68.4 Å². The molecule has 0 saturated heterocycles. The molecule has 2 aliphatic rings. The Bertz CT molecular complexity index is 1040. The maximum absolute atomic E-state index is 11.2. The molecule has 0 amide bonds. The van der Waals surface area contributed by atoms with Gasteiger partial charge in [0, 0.05) is 30.4 Å². The van der Waals surface area contributed by atoms with Crippen LogP contribution in [-0.4, -0.2) is 40.1 Å². The van der Waals surface area contributed by atoms with Crippen LogP contribution in [0.15, 0.2) is 45.8 Å². The average molecular weight is 322 g/mol. The Hall–Kier alpha value is -2.86. The lowest BCUT2D eigenvalue weighted by Crippen LogP contribution is -2.24. The summed E-state index contributed by atoms with van der Waals surface area (Å²) in [7, 11) is 2.12. The molecule has 0 spiro atoms. The molecule has 1 aromatic carbocycles. The minimum absolute atomic E-state index is 0.154. The lowest BCUT2D eigenvalue weighted by atomic mass is 9.94. The van der Waals surface area contributed by atoms with Crippen LogP contribution in [0.4, 0.5) is 0 Å². The number of benzene rings is 1. The molecule has 122 valence electrons. The number of aromatic amines is 2. The van der Waals surface area contributed by atoms with E-state index in [1.807, 2.05) is 24.4 Å². The summed E-state index contributed by atoms with van der Waals surface area (Å²) < 4.78 is 0. The number of likely N-dealkylation sites (N-methyl/N-ethyl adjacent to an activating group) is 1. The van der Waals surface area contributed by atoms with Gasteiger partial charge < -0.3 is 15.0 Å². The van der Waals surface area contributed by atoms with Crippen LogP contribution in [0, 0.1) is 0 Å². The summed E-state index contributed by atoms with van der Waals surface area (Å²) in [6.07, 6.45) is 6.94. The lowest BCUT2D eigenvalue weighted by molar-refractivity contribution is 0.362. The van der Waals surface area contributed by atoms with Crippen LogP contribution in [0.5, 0.6) is 5.88 Å². The number of H-pyrrole nitrogens is 2. The first-order chi connectivity index (χ1) is 11.6. The standard InChI is InChI=1S/C18H18N4O2/c1-22-6-4-12(5-7-22)14-10-19-15-3-2-11(8-13(14)15)9-16-17(23)21-18(24)20-16/h2-4,8-10,23H,5-7H2,1H3,(H2,20,21,24)/b11-9+. The third kappa shape index (κ3) is 2.61. The molecule has 0 atom stereocenters. The molecule has 0 radical (unpaired) electrons. The van der Waals surface area contributed by atoms with E-state index >= 15 is 0 Å². The van der Waals surface area contributed by atoms with E-state index < -0.39 is 5.69 Å². The highest BCUT2D eigenvalue weighted by Crippen LogP contribution is 2.27. The molecule has 3 heterocycles. The first kappa shape index (κ1) is 14.7. The minimum Gasteiger partial charge on any atom is -0.493 e. The summed E-state index contributed by atoms with van der Waals surface area (Å²) in [5, 5.41) is 11.6. The summed E-state index contributed by atoms with van der Waals surface area (Å²) in [5.41, 5.74) is 3.54. The largest absolute Gasteiger partial charge is 0.493 e. The van der Waals surface area contributed by atoms with Gasteiger partial charge in [0.25, 0.3) is 0 Å². The summed E-state index contributed by atoms with van der Waals surface area (Å²) in [6, 6.07) is 5.93. The molecule has 0 saturated carbocycles. The second kappa shape index (κ2) is 5.65. The molecule has 1 aromatic heterocycles. The van der Waals surface area contributed by atoms with Crippen LogP contribution >= 0.6 is 0 Å². The molecule has 0 unspecified atom stereocenters. The van der Waals surface area contributed by atoms with Crippen LogP contribution in [0.3, 0.4) is 0 Å². The molecule has 2 aliphatic heterocycles. The van der Waals surface area contributed by atoms with Crippen molar-refractivity contribution in [1.29, 1.82) is 0 Å². The normalized spacial score (nSPS) is 18.1. The van der Waals surface area contributed by atoms with Crippen molar-refractivity contribution in [2.75, 3.05) is 20.1 Å². The molecule has 6 heteroatoms. The van der Waals surface area contributed by atoms with E-state index in [2.05, 4.69) is 33.0 Å². The first-order valence-corrected chi connectivity index (χ1v) is 7.89. The van der Waals surface area contributed by atoms with Crippen LogP contribution in [0.1, 0.15) is 17.7 Å². The van der Waals surface area contributed by atoms with Gasteiger partial charge >= 0.3 is 5.69 Å². The fourth-order valence-electron chi connectivity index (χ4n) is 3.11. The van der Waals surface area contributed by atoms with Crippen molar-refractivity contribution in [2.45, 2.75) is 6.42 Å². The Morgan fingerprint density at radius 1 is 1.33 bits per heavy atom. The van der Waals surface area contributed by atoms with Crippen LogP contribution in [0.2, 0.25) is 0 Å². The molecule has 24 heavy (non-hydrogen) atoms. The van der Waals surface area contributed by atoms with E-state index in [1.54, 1.807) is 6.08 Å². The molecule has 4 rings (SSSR count). The molecule has 0 aliphatic carbocycles. The van der Waals surface area contributed by atoms with E-state index in [1.165, 1.54) is 11.1 Å². The number of nitrogens with one attached hydrogen (secondary N) is 2. The van der Waals surface area contributed by atoms with Gasteiger partial charge in [-0.1, -0.05) is 12.1 Å². The third-order valence-electron chi connectivity index (χ3n) is 4.45. The summed E-state index contributed by atoms with van der Waals surface area (Å²) in [5.74, 6) is -0.154. The quantitative estimate of drug-likeness (QED) is 0.751. The highest BCUT2D eigenvalue weighted by atomic mass is 16.3. The number of imidazole rings is 1. The van der Waals surface area contributed by atoms with E-state index in [4.69, 9.17) is 0 Å². The number of hydrogen-bond acceptors (Lipinski definition) is 4. The van der Waals surface area contributed by atoms with Crippen LogP contribution in [-0.2, 0) is 0 Å². The monoisotopic (exact) mass is 322 g/mol. The van der Waals surface area contributed by atoms with Crippen molar-refractivity contribution in [2.24, 2.45) is 4.99 Å².